The molecule has 2 N–H and O–H groups in total. The topological polar surface area (TPSA) is 95.4 Å². The number of nitrogens with zero attached hydrogens (tertiary/aromatic N) is 3. The first kappa shape index (κ1) is 19.4. The lowest BCUT2D eigenvalue weighted by molar-refractivity contribution is -0.116. The summed E-state index contributed by atoms with van der Waals surface area (Å²) in [6.45, 7) is 3.90. The Morgan fingerprint density at radius 3 is 2.96 bits per heavy atom. The molecule has 2 aromatic rings. The number of carbonyl (C=O) groups is 1. The van der Waals surface area contributed by atoms with E-state index in [2.05, 4.69) is 15.3 Å². The van der Waals surface area contributed by atoms with Crippen LogP contribution in [0.25, 0.3) is 0 Å². The van der Waals surface area contributed by atoms with Crippen molar-refractivity contribution in [3.8, 4) is 0 Å². The molecule has 3 rings (SSSR count). The van der Waals surface area contributed by atoms with Gasteiger partial charge in [-0.25, -0.2) is 14.2 Å². The summed E-state index contributed by atoms with van der Waals surface area (Å²) in [5.74, 6) is 0.236. The maximum Gasteiger partial charge on any atom is 0.262 e. The van der Waals surface area contributed by atoms with Crippen LogP contribution in [0.5, 0.6) is 0 Å². The van der Waals surface area contributed by atoms with Gasteiger partial charge in [-0.15, -0.1) is 0 Å². The van der Waals surface area contributed by atoms with Gasteiger partial charge >= 0.3 is 0 Å². The van der Waals surface area contributed by atoms with E-state index in [-0.39, 0.29) is 11.9 Å². The van der Waals surface area contributed by atoms with Crippen molar-refractivity contribution in [1.82, 2.24) is 9.97 Å². The molecule has 0 fully saturated rings. The van der Waals surface area contributed by atoms with E-state index in [0.29, 0.717) is 31.6 Å². The summed E-state index contributed by atoms with van der Waals surface area (Å²) in [5, 5.41) is 2.72. The first-order valence-corrected chi connectivity index (χ1v) is 10.2. The Bertz CT molecular complexity index is 859. The van der Waals surface area contributed by atoms with Crippen LogP contribution in [-0.2, 0) is 28.9 Å². The van der Waals surface area contributed by atoms with Crippen molar-refractivity contribution < 1.29 is 13.6 Å². The number of hydrogen-bond acceptors (Lipinski definition) is 4. The molecule has 0 bridgehead atoms. The van der Waals surface area contributed by atoms with Gasteiger partial charge in [0, 0.05) is 24.4 Å². The highest BCUT2D eigenvalue weighted by atomic mass is 32.2. The van der Waals surface area contributed by atoms with Gasteiger partial charge in [-0.2, -0.15) is 0 Å². The third-order valence-corrected chi connectivity index (χ3v) is 5.45. The molecule has 144 valence electrons. The minimum absolute atomic E-state index is 0.0903. The summed E-state index contributed by atoms with van der Waals surface area (Å²) in [4.78, 5) is 20.4. The van der Waals surface area contributed by atoms with Crippen LogP contribution in [0.2, 0.25) is 0 Å². The number of aromatic nitrogens is 2. The maximum absolute atomic E-state index is 12.0. The predicted octanol–water partition coefficient (Wildman–Crippen LogP) is 3.02. The summed E-state index contributed by atoms with van der Waals surface area (Å²) in [5.41, 5.74) is 3.60. The third-order valence-electron chi connectivity index (χ3n) is 4.61. The molecule has 0 spiro atoms. The van der Waals surface area contributed by atoms with Gasteiger partial charge in [0.05, 0.1) is 5.69 Å². The summed E-state index contributed by atoms with van der Waals surface area (Å²) in [6, 6.07) is 7.48. The average Bonchev–Trinajstić information content (AvgIpc) is 2.62. The molecule has 0 saturated carbocycles. The monoisotopic (exact) mass is 388 g/mol. The minimum Gasteiger partial charge on any atom is -0.295 e. The van der Waals surface area contributed by atoms with E-state index in [1.54, 1.807) is 10.5 Å². The standard InChI is InChI=1S/C19H24N4O3S/c1-3-5-18(24)22-19-20-12-14-11-16(8-9-17(14)21-19)23(27(25)26)15-7-4-6-13(2)10-15/h4,6-7,10,12,16H,3,5,8-9,11H2,1-2H3,(H,25,26)(H,20,21,22,24). The number of rotatable bonds is 6. The fourth-order valence-corrected chi connectivity index (χ4v) is 4.09. The number of anilines is 2. The lowest BCUT2D eigenvalue weighted by atomic mass is 9.92. The zero-order valence-corrected chi connectivity index (χ0v) is 16.3. The zero-order valence-electron chi connectivity index (χ0n) is 15.5. The number of fused-ring (bicyclic) bond motifs is 1. The Hall–Kier alpha value is -2.32. The molecule has 0 aliphatic heterocycles. The minimum atomic E-state index is -2.12. The van der Waals surface area contributed by atoms with E-state index < -0.39 is 11.3 Å². The molecule has 2 unspecified atom stereocenters. The van der Waals surface area contributed by atoms with E-state index in [4.69, 9.17) is 0 Å². The molecule has 0 saturated heterocycles. The van der Waals surface area contributed by atoms with Gasteiger partial charge in [-0.1, -0.05) is 19.1 Å². The number of amides is 1. The fourth-order valence-electron chi connectivity index (χ4n) is 3.36. The van der Waals surface area contributed by atoms with Crippen molar-refractivity contribution in [3.05, 3.63) is 47.3 Å². The quantitative estimate of drug-likeness (QED) is 0.742. The second kappa shape index (κ2) is 8.58. The molecule has 8 heteroatoms. The summed E-state index contributed by atoms with van der Waals surface area (Å²) >= 11 is -2.12. The Kier molecular flexibility index (Phi) is 6.18. The third kappa shape index (κ3) is 4.70. The normalized spacial score (nSPS) is 17.1. The van der Waals surface area contributed by atoms with Gasteiger partial charge in [0.15, 0.2) is 0 Å². The van der Waals surface area contributed by atoms with Crippen molar-refractivity contribution in [1.29, 1.82) is 0 Å². The smallest absolute Gasteiger partial charge is 0.262 e. The van der Waals surface area contributed by atoms with E-state index in [0.717, 1.165) is 28.9 Å². The number of hydrogen-bond donors (Lipinski definition) is 2. The molecule has 27 heavy (non-hydrogen) atoms. The lowest BCUT2D eigenvalue weighted by Gasteiger charge is -2.33. The lowest BCUT2D eigenvalue weighted by Crippen LogP contribution is -2.40. The first-order valence-electron chi connectivity index (χ1n) is 9.09. The van der Waals surface area contributed by atoms with Gasteiger partial charge in [-0.3, -0.25) is 19.0 Å². The summed E-state index contributed by atoms with van der Waals surface area (Å²) < 4.78 is 23.4. The summed E-state index contributed by atoms with van der Waals surface area (Å²) in [6.07, 6.45) is 4.87. The molecule has 1 amide bonds. The zero-order chi connectivity index (χ0) is 19.4. The van der Waals surface area contributed by atoms with Gasteiger partial charge < -0.3 is 0 Å². The van der Waals surface area contributed by atoms with Crippen molar-refractivity contribution in [2.75, 3.05) is 9.62 Å². The van der Waals surface area contributed by atoms with Gasteiger partial charge in [0.1, 0.15) is 0 Å². The van der Waals surface area contributed by atoms with Crippen LogP contribution in [0.1, 0.15) is 43.0 Å². The molecule has 1 aliphatic rings. The predicted molar refractivity (Wildman–Crippen MR) is 106 cm³/mol. The molecule has 2 atom stereocenters. The Morgan fingerprint density at radius 1 is 1.44 bits per heavy atom. The van der Waals surface area contributed by atoms with Crippen LogP contribution >= 0.6 is 0 Å². The second-order valence-corrected chi connectivity index (χ2v) is 7.61. The Morgan fingerprint density at radius 2 is 2.26 bits per heavy atom. The van der Waals surface area contributed by atoms with Gasteiger partial charge in [0.2, 0.25) is 11.9 Å². The number of nitrogens with one attached hydrogen (secondary N) is 1. The van der Waals surface area contributed by atoms with Crippen LogP contribution in [0.3, 0.4) is 0 Å². The molecular weight excluding hydrogens is 364 g/mol. The van der Waals surface area contributed by atoms with Crippen molar-refractivity contribution in [3.63, 3.8) is 0 Å². The Labute approximate surface area is 161 Å². The number of carbonyl (C=O) groups excluding carboxylic acids is 1. The van der Waals surface area contributed by atoms with Crippen molar-refractivity contribution in [2.24, 2.45) is 0 Å². The molecular formula is C19H24N4O3S. The first-order chi connectivity index (χ1) is 13.0. The van der Waals surface area contributed by atoms with Crippen LogP contribution < -0.4 is 9.62 Å². The van der Waals surface area contributed by atoms with Gasteiger partial charge in [0.25, 0.3) is 11.3 Å². The van der Waals surface area contributed by atoms with E-state index >= 15 is 0 Å². The van der Waals surface area contributed by atoms with E-state index in [1.165, 1.54) is 0 Å². The molecule has 0 radical (unpaired) electrons. The largest absolute Gasteiger partial charge is 0.295 e. The van der Waals surface area contributed by atoms with Crippen LogP contribution in [0, 0.1) is 6.92 Å². The SMILES string of the molecule is CCCC(=O)Nc1ncc2c(n1)CCC(N(c1cccc(C)c1)S(=O)O)C2. The maximum atomic E-state index is 12.0. The van der Waals surface area contributed by atoms with E-state index in [9.17, 15) is 13.6 Å². The molecule has 1 aromatic heterocycles. The summed E-state index contributed by atoms with van der Waals surface area (Å²) in [7, 11) is 0. The molecule has 7 nitrogen and oxygen atoms in total. The van der Waals surface area contributed by atoms with E-state index in [1.807, 2.05) is 38.1 Å². The highest BCUT2D eigenvalue weighted by Gasteiger charge is 2.29. The number of aryl methyl sites for hydroxylation is 2. The van der Waals surface area contributed by atoms with Crippen molar-refractivity contribution in [2.45, 2.75) is 52.0 Å². The van der Waals surface area contributed by atoms with Gasteiger partial charge in [-0.05, 0) is 55.9 Å². The molecule has 1 heterocycles. The fraction of sp³-hybridized carbons (Fsp3) is 0.421. The van der Waals surface area contributed by atoms with Crippen LogP contribution in [0.15, 0.2) is 30.5 Å². The number of benzene rings is 1. The highest BCUT2D eigenvalue weighted by Crippen LogP contribution is 2.29. The van der Waals surface area contributed by atoms with Crippen molar-refractivity contribution >= 4 is 28.8 Å². The Balaban J connectivity index is 1.78. The van der Waals surface area contributed by atoms with Crippen LogP contribution in [0.4, 0.5) is 11.6 Å². The second-order valence-electron chi connectivity index (χ2n) is 6.76. The molecule has 1 aromatic carbocycles. The average molecular weight is 388 g/mol. The molecule has 1 aliphatic carbocycles. The van der Waals surface area contributed by atoms with Crippen LogP contribution in [-0.4, -0.2) is 30.7 Å². The highest BCUT2D eigenvalue weighted by molar-refractivity contribution is 7.80.